The minimum absolute atomic E-state index is 0.0326. The minimum Gasteiger partial charge on any atom is -0.480 e. The number of nitrogens with two attached hydrogens (primary N) is 1. The van der Waals surface area contributed by atoms with Crippen LogP contribution in [0.25, 0.3) is 0 Å². The van der Waals surface area contributed by atoms with Gasteiger partial charge in [-0.05, 0) is 12.8 Å². The highest BCUT2D eigenvalue weighted by molar-refractivity contribution is 5.98. The largest absolute Gasteiger partial charge is 0.480 e. The van der Waals surface area contributed by atoms with Gasteiger partial charge in [-0.15, -0.1) is 0 Å². The van der Waals surface area contributed by atoms with Crippen molar-refractivity contribution in [3.63, 3.8) is 0 Å². The molecule has 3 atom stereocenters. The number of β-amino-alcohol motifs (C(OH)–C–C–N with tert-alkyl or cyclic N) is 1. The van der Waals surface area contributed by atoms with Gasteiger partial charge >= 0.3 is 5.97 Å². The van der Waals surface area contributed by atoms with Gasteiger partial charge in [0.2, 0.25) is 11.8 Å². The highest BCUT2D eigenvalue weighted by Crippen LogP contribution is 2.06. The summed E-state index contributed by atoms with van der Waals surface area (Å²) in [5.74, 6) is -2.27. The zero-order valence-electron chi connectivity index (χ0n) is 9.76. The highest BCUT2D eigenvalue weighted by atomic mass is 16.4. The molecule has 3 unspecified atom stereocenters. The molecule has 8 heteroatoms. The number of aliphatic carboxylic acids is 1. The molecule has 0 aromatic heterocycles. The molecule has 0 aromatic rings. The summed E-state index contributed by atoms with van der Waals surface area (Å²) in [6, 6.07) is -1.70. The van der Waals surface area contributed by atoms with Crippen molar-refractivity contribution >= 4 is 17.8 Å². The Hall–Kier alpha value is -1.51. The maximum absolute atomic E-state index is 11.5. The summed E-state index contributed by atoms with van der Waals surface area (Å²) < 4.78 is 0. The third-order valence-electron chi connectivity index (χ3n) is 2.69. The number of nitrogens with one attached hydrogen (secondary N) is 2. The van der Waals surface area contributed by atoms with Crippen molar-refractivity contribution in [2.75, 3.05) is 6.54 Å². The number of carbonyl (C=O) groups excluding carboxylic acids is 2. The summed E-state index contributed by atoms with van der Waals surface area (Å²) in [6.07, 6.45) is -0.492. The first-order chi connectivity index (χ1) is 8.40. The van der Waals surface area contributed by atoms with Gasteiger partial charge in [0, 0.05) is 13.0 Å². The van der Waals surface area contributed by atoms with Gasteiger partial charge < -0.3 is 21.3 Å². The molecule has 1 rings (SSSR count). The van der Waals surface area contributed by atoms with E-state index in [1.807, 2.05) is 0 Å². The van der Waals surface area contributed by atoms with Crippen molar-refractivity contribution in [1.82, 2.24) is 10.6 Å². The Bertz CT molecular complexity index is 346. The molecule has 1 aliphatic rings. The number of aliphatic hydroxyl groups excluding tert-OH is 1. The number of hydrogen-bond acceptors (Lipinski definition) is 6. The van der Waals surface area contributed by atoms with E-state index in [0.29, 0.717) is 6.54 Å². The van der Waals surface area contributed by atoms with Gasteiger partial charge in [-0.25, -0.2) is 0 Å². The van der Waals surface area contributed by atoms with E-state index in [-0.39, 0.29) is 19.3 Å². The van der Waals surface area contributed by atoms with Crippen molar-refractivity contribution in [2.24, 2.45) is 5.73 Å². The zero-order valence-corrected chi connectivity index (χ0v) is 9.76. The van der Waals surface area contributed by atoms with Gasteiger partial charge in [0.25, 0.3) is 0 Å². The van der Waals surface area contributed by atoms with Crippen LogP contribution in [0.15, 0.2) is 0 Å². The van der Waals surface area contributed by atoms with Crippen LogP contribution in [-0.2, 0) is 14.4 Å². The van der Waals surface area contributed by atoms with E-state index >= 15 is 0 Å². The molecule has 0 aliphatic carbocycles. The first-order valence-corrected chi connectivity index (χ1v) is 5.63. The van der Waals surface area contributed by atoms with Gasteiger partial charge in [-0.1, -0.05) is 0 Å². The SMILES string of the molecule is NC(CCC(=O)NC(=O)C1CC(O)CN1)C(=O)O. The lowest BCUT2D eigenvalue weighted by Crippen LogP contribution is -2.43. The molecule has 18 heavy (non-hydrogen) atoms. The Morgan fingerprint density at radius 1 is 1.44 bits per heavy atom. The normalized spacial score (nSPS) is 24.6. The van der Waals surface area contributed by atoms with Crippen LogP contribution in [0.1, 0.15) is 19.3 Å². The number of rotatable bonds is 5. The molecule has 2 amide bonds. The van der Waals surface area contributed by atoms with Crippen LogP contribution in [0, 0.1) is 0 Å². The van der Waals surface area contributed by atoms with Crippen LogP contribution in [0.5, 0.6) is 0 Å². The lowest BCUT2D eigenvalue weighted by Gasteiger charge is -2.10. The lowest BCUT2D eigenvalue weighted by atomic mass is 10.1. The smallest absolute Gasteiger partial charge is 0.320 e. The van der Waals surface area contributed by atoms with E-state index in [4.69, 9.17) is 10.8 Å². The van der Waals surface area contributed by atoms with Crippen LogP contribution < -0.4 is 16.4 Å². The predicted molar refractivity (Wildman–Crippen MR) is 60.4 cm³/mol. The highest BCUT2D eigenvalue weighted by Gasteiger charge is 2.28. The fraction of sp³-hybridized carbons (Fsp3) is 0.700. The fourth-order valence-electron chi connectivity index (χ4n) is 1.61. The van der Waals surface area contributed by atoms with Crippen LogP contribution in [0.4, 0.5) is 0 Å². The quantitative estimate of drug-likeness (QED) is 0.368. The van der Waals surface area contributed by atoms with E-state index < -0.39 is 36.0 Å². The Balaban J connectivity index is 2.27. The molecule has 102 valence electrons. The molecule has 1 heterocycles. The average Bonchev–Trinajstić information content (AvgIpc) is 2.72. The van der Waals surface area contributed by atoms with Gasteiger partial charge in [-0.2, -0.15) is 0 Å². The van der Waals surface area contributed by atoms with Crippen molar-refractivity contribution in [1.29, 1.82) is 0 Å². The molecule has 1 aliphatic heterocycles. The van der Waals surface area contributed by atoms with Crippen LogP contribution in [0.3, 0.4) is 0 Å². The molecule has 6 N–H and O–H groups in total. The number of amides is 2. The zero-order chi connectivity index (χ0) is 13.7. The van der Waals surface area contributed by atoms with E-state index in [9.17, 15) is 19.5 Å². The molecule has 0 saturated carbocycles. The van der Waals surface area contributed by atoms with Crippen molar-refractivity contribution in [3.05, 3.63) is 0 Å². The third-order valence-corrected chi connectivity index (χ3v) is 2.69. The van der Waals surface area contributed by atoms with Crippen LogP contribution in [0.2, 0.25) is 0 Å². The Morgan fingerprint density at radius 2 is 2.11 bits per heavy atom. The van der Waals surface area contributed by atoms with Gasteiger partial charge in [0.1, 0.15) is 6.04 Å². The number of carbonyl (C=O) groups is 3. The minimum atomic E-state index is -1.19. The molecular formula is C10H17N3O5. The predicted octanol–water partition coefficient (Wildman–Crippen LogP) is -2.46. The van der Waals surface area contributed by atoms with Crippen molar-refractivity contribution in [2.45, 2.75) is 37.5 Å². The topological polar surface area (TPSA) is 142 Å². The standard InChI is InChI=1S/C10H17N3O5/c11-6(10(17)18)1-2-8(15)13-9(16)7-3-5(14)4-12-7/h5-7,12,14H,1-4,11H2,(H,17,18)(H,13,15,16). The number of aliphatic hydroxyl groups is 1. The molecule has 0 radical (unpaired) electrons. The molecule has 0 bridgehead atoms. The monoisotopic (exact) mass is 259 g/mol. The number of carboxylic acid groups (broad SMARTS) is 1. The molecule has 0 spiro atoms. The molecule has 1 saturated heterocycles. The number of imide groups is 1. The second-order valence-corrected chi connectivity index (χ2v) is 4.25. The second kappa shape index (κ2) is 6.43. The number of carboxylic acids is 1. The maximum atomic E-state index is 11.5. The van der Waals surface area contributed by atoms with Crippen molar-refractivity contribution < 1.29 is 24.6 Å². The van der Waals surface area contributed by atoms with Crippen LogP contribution >= 0.6 is 0 Å². The van der Waals surface area contributed by atoms with Crippen molar-refractivity contribution in [3.8, 4) is 0 Å². The first-order valence-electron chi connectivity index (χ1n) is 5.63. The maximum Gasteiger partial charge on any atom is 0.320 e. The fourth-order valence-corrected chi connectivity index (χ4v) is 1.61. The Kier molecular flexibility index (Phi) is 5.20. The second-order valence-electron chi connectivity index (χ2n) is 4.25. The Labute approximate surface area is 104 Å². The summed E-state index contributed by atoms with van der Waals surface area (Å²) in [5.41, 5.74) is 5.23. The van der Waals surface area contributed by atoms with Gasteiger partial charge in [0.15, 0.2) is 0 Å². The summed E-state index contributed by atoms with van der Waals surface area (Å²) >= 11 is 0. The van der Waals surface area contributed by atoms with Gasteiger partial charge in [0.05, 0.1) is 12.1 Å². The van der Waals surface area contributed by atoms with E-state index in [2.05, 4.69) is 10.6 Å². The summed E-state index contributed by atoms with van der Waals surface area (Å²) in [5, 5.41) is 22.6. The van der Waals surface area contributed by atoms with E-state index in [1.165, 1.54) is 0 Å². The molecule has 8 nitrogen and oxygen atoms in total. The summed E-state index contributed by atoms with van der Waals surface area (Å²) in [6.45, 7) is 0.316. The van der Waals surface area contributed by atoms with Crippen LogP contribution in [-0.4, -0.2) is 52.7 Å². The number of hydrogen-bond donors (Lipinski definition) is 5. The van der Waals surface area contributed by atoms with E-state index in [0.717, 1.165) is 0 Å². The van der Waals surface area contributed by atoms with E-state index in [1.54, 1.807) is 0 Å². The van der Waals surface area contributed by atoms with Gasteiger partial charge in [-0.3, -0.25) is 19.7 Å². The first kappa shape index (κ1) is 14.6. The molecular weight excluding hydrogens is 242 g/mol. The molecule has 1 fully saturated rings. The summed E-state index contributed by atoms with van der Waals surface area (Å²) in [4.78, 5) is 33.3. The Morgan fingerprint density at radius 3 is 2.61 bits per heavy atom. The lowest BCUT2D eigenvalue weighted by molar-refractivity contribution is -0.138. The average molecular weight is 259 g/mol. The third kappa shape index (κ3) is 4.40. The summed E-state index contributed by atoms with van der Waals surface area (Å²) in [7, 11) is 0. The molecule has 0 aromatic carbocycles.